The van der Waals surface area contributed by atoms with E-state index in [2.05, 4.69) is 20.8 Å². The van der Waals surface area contributed by atoms with Gasteiger partial charge >= 0.3 is 0 Å². The molecule has 0 aliphatic heterocycles. The predicted molar refractivity (Wildman–Crippen MR) is 75.2 cm³/mol. The van der Waals surface area contributed by atoms with Crippen molar-refractivity contribution in [2.75, 3.05) is 5.32 Å². The first kappa shape index (κ1) is 14.1. The quantitative estimate of drug-likeness (QED) is 0.869. The number of tetrazole rings is 1. The van der Waals surface area contributed by atoms with Crippen LogP contribution in [0.5, 0.6) is 0 Å². The molecule has 0 fully saturated rings. The van der Waals surface area contributed by atoms with Crippen LogP contribution in [-0.2, 0) is 4.79 Å². The topological polar surface area (TPSA) is 98.7 Å². The third kappa shape index (κ3) is 3.18. The molecule has 7 heteroatoms. The predicted octanol–water partition coefficient (Wildman–Crippen LogP) is 0.974. The number of rotatable bonds is 3. The summed E-state index contributed by atoms with van der Waals surface area (Å²) in [6.07, 6.45) is 1.50. The second-order valence-corrected chi connectivity index (χ2v) is 5.63. The van der Waals surface area contributed by atoms with E-state index in [0.717, 1.165) is 5.69 Å². The molecule has 20 heavy (non-hydrogen) atoms. The van der Waals surface area contributed by atoms with Gasteiger partial charge in [-0.25, -0.2) is 4.68 Å². The Balaban J connectivity index is 2.06. The number of nitrogens with one attached hydrogen (secondary N) is 1. The van der Waals surface area contributed by atoms with Crippen LogP contribution in [-0.4, -0.2) is 32.2 Å². The van der Waals surface area contributed by atoms with Crippen molar-refractivity contribution in [2.45, 2.75) is 26.8 Å². The van der Waals surface area contributed by atoms with E-state index in [9.17, 15) is 4.79 Å². The highest BCUT2D eigenvalue weighted by atomic mass is 16.2. The summed E-state index contributed by atoms with van der Waals surface area (Å²) in [6.45, 7) is 5.79. The van der Waals surface area contributed by atoms with Crippen molar-refractivity contribution in [2.24, 2.45) is 11.1 Å². The molecule has 3 N–H and O–H groups in total. The molecule has 2 rings (SSSR count). The summed E-state index contributed by atoms with van der Waals surface area (Å²) in [7, 11) is 0. The van der Waals surface area contributed by atoms with Crippen LogP contribution in [0.3, 0.4) is 0 Å². The molecule has 1 heterocycles. The smallest absolute Gasteiger partial charge is 0.241 e. The number of carbonyl (C=O) groups excluding carboxylic acids is 1. The van der Waals surface area contributed by atoms with E-state index in [0.29, 0.717) is 5.69 Å². The highest BCUT2D eigenvalue weighted by Gasteiger charge is 2.27. The van der Waals surface area contributed by atoms with Crippen LogP contribution in [0, 0.1) is 5.41 Å². The van der Waals surface area contributed by atoms with Gasteiger partial charge in [0.25, 0.3) is 0 Å². The lowest BCUT2D eigenvalue weighted by atomic mass is 9.87. The van der Waals surface area contributed by atoms with Crippen molar-refractivity contribution in [3.8, 4) is 5.69 Å². The van der Waals surface area contributed by atoms with Crippen molar-refractivity contribution in [1.82, 2.24) is 20.2 Å². The number of carbonyl (C=O) groups is 1. The van der Waals surface area contributed by atoms with E-state index < -0.39 is 6.04 Å². The summed E-state index contributed by atoms with van der Waals surface area (Å²) in [5.74, 6) is -0.201. The molecule has 1 aromatic heterocycles. The van der Waals surface area contributed by atoms with Crippen molar-refractivity contribution in [1.29, 1.82) is 0 Å². The Hall–Kier alpha value is -2.28. The van der Waals surface area contributed by atoms with E-state index in [1.165, 1.54) is 11.0 Å². The Morgan fingerprint density at radius 1 is 1.30 bits per heavy atom. The van der Waals surface area contributed by atoms with Crippen LogP contribution in [0.4, 0.5) is 5.69 Å². The van der Waals surface area contributed by atoms with Gasteiger partial charge in [-0.1, -0.05) is 20.8 Å². The lowest BCUT2D eigenvalue weighted by molar-refractivity contribution is -0.119. The standard InChI is InChI=1S/C13H18N6O/c1-13(2,3)11(14)12(20)16-9-4-6-10(7-5-9)19-8-15-17-18-19/h4-8,11H,14H2,1-3H3,(H,16,20). The molecule has 0 aliphatic rings. The van der Waals surface area contributed by atoms with Gasteiger partial charge in [0.2, 0.25) is 5.91 Å². The number of nitrogens with two attached hydrogens (primary N) is 1. The Bertz CT molecular complexity index is 570. The molecule has 1 amide bonds. The lowest BCUT2D eigenvalue weighted by Gasteiger charge is -2.25. The SMILES string of the molecule is CC(C)(C)C(N)C(=O)Nc1ccc(-n2cnnn2)cc1. The zero-order chi connectivity index (χ0) is 14.8. The Morgan fingerprint density at radius 2 is 1.95 bits per heavy atom. The maximum absolute atomic E-state index is 12.0. The van der Waals surface area contributed by atoms with E-state index >= 15 is 0 Å². The fourth-order valence-corrected chi connectivity index (χ4v) is 1.59. The van der Waals surface area contributed by atoms with E-state index in [4.69, 9.17) is 5.73 Å². The van der Waals surface area contributed by atoms with Crippen molar-refractivity contribution in [3.63, 3.8) is 0 Å². The molecule has 0 radical (unpaired) electrons. The number of nitrogens with zero attached hydrogens (tertiary/aromatic N) is 4. The molecule has 0 aliphatic carbocycles. The molecule has 106 valence electrons. The Kier molecular flexibility index (Phi) is 3.80. The second kappa shape index (κ2) is 5.38. The summed E-state index contributed by atoms with van der Waals surface area (Å²) >= 11 is 0. The van der Waals surface area contributed by atoms with Crippen LogP contribution < -0.4 is 11.1 Å². The largest absolute Gasteiger partial charge is 0.325 e. The van der Waals surface area contributed by atoms with E-state index in [1.54, 1.807) is 12.1 Å². The zero-order valence-electron chi connectivity index (χ0n) is 11.7. The second-order valence-electron chi connectivity index (χ2n) is 5.63. The molecule has 1 aromatic carbocycles. The molecule has 0 bridgehead atoms. The first-order chi connectivity index (χ1) is 9.38. The minimum Gasteiger partial charge on any atom is -0.325 e. The number of amides is 1. The van der Waals surface area contributed by atoms with Gasteiger partial charge in [-0.05, 0) is 40.1 Å². The first-order valence-electron chi connectivity index (χ1n) is 6.28. The number of hydrogen-bond donors (Lipinski definition) is 2. The molecule has 2 aromatic rings. The summed E-state index contributed by atoms with van der Waals surface area (Å²) in [4.78, 5) is 12.0. The third-order valence-corrected chi connectivity index (χ3v) is 2.96. The van der Waals surface area contributed by atoms with Crippen LogP contribution in [0.1, 0.15) is 20.8 Å². The van der Waals surface area contributed by atoms with E-state index in [1.807, 2.05) is 32.9 Å². The summed E-state index contributed by atoms with van der Waals surface area (Å²) < 4.78 is 1.53. The van der Waals surface area contributed by atoms with Crippen molar-refractivity contribution < 1.29 is 4.79 Å². The fourth-order valence-electron chi connectivity index (χ4n) is 1.59. The van der Waals surface area contributed by atoms with Crippen LogP contribution in [0.25, 0.3) is 5.69 Å². The average Bonchev–Trinajstić information content (AvgIpc) is 2.91. The lowest BCUT2D eigenvalue weighted by Crippen LogP contribution is -2.45. The van der Waals surface area contributed by atoms with Gasteiger partial charge in [0.15, 0.2) is 0 Å². The minimum absolute atomic E-state index is 0.201. The Labute approximate surface area is 117 Å². The number of benzene rings is 1. The molecule has 0 spiro atoms. The van der Waals surface area contributed by atoms with Crippen molar-refractivity contribution >= 4 is 11.6 Å². The van der Waals surface area contributed by atoms with Gasteiger partial charge in [0.1, 0.15) is 6.33 Å². The fraction of sp³-hybridized carbons (Fsp3) is 0.385. The van der Waals surface area contributed by atoms with Crippen molar-refractivity contribution in [3.05, 3.63) is 30.6 Å². The van der Waals surface area contributed by atoms with Gasteiger partial charge in [0.05, 0.1) is 11.7 Å². The van der Waals surface area contributed by atoms with Gasteiger partial charge in [-0.3, -0.25) is 4.79 Å². The number of hydrogen-bond acceptors (Lipinski definition) is 5. The highest BCUT2D eigenvalue weighted by Crippen LogP contribution is 2.19. The number of aromatic nitrogens is 4. The summed E-state index contributed by atoms with van der Waals surface area (Å²) in [5, 5.41) is 13.7. The summed E-state index contributed by atoms with van der Waals surface area (Å²) in [6, 6.07) is 6.62. The Morgan fingerprint density at radius 3 is 2.45 bits per heavy atom. The van der Waals surface area contributed by atoms with Crippen LogP contribution >= 0.6 is 0 Å². The monoisotopic (exact) mass is 274 g/mol. The highest BCUT2D eigenvalue weighted by molar-refractivity contribution is 5.95. The first-order valence-corrected chi connectivity index (χ1v) is 6.28. The molecular formula is C13H18N6O. The molecule has 1 unspecified atom stereocenters. The minimum atomic E-state index is -0.568. The van der Waals surface area contributed by atoms with Crippen LogP contribution in [0.15, 0.2) is 30.6 Å². The summed E-state index contributed by atoms with van der Waals surface area (Å²) in [5.41, 5.74) is 7.12. The molecule has 7 nitrogen and oxygen atoms in total. The third-order valence-electron chi connectivity index (χ3n) is 2.96. The van der Waals surface area contributed by atoms with Gasteiger partial charge in [-0.2, -0.15) is 0 Å². The maximum atomic E-state index is 12.0. The number of anilines is 1. The molecular weight excluding hydrogens is 256 g/mol. The zero-order valence-corrected chi connectivity index (χ0v) is 11.7. The van der Waals surface area contributed by atoms with Gasteiger partial charge in [0, 0.05) is 5.69 Å². The van der Waals surface area contributed by atoms with Gasteiger partial charge in [-0.15, -0.1) is 5.10 Å². The molecule has 0 saturated carbocycles. The molecule has 1 atom stereocenters. The van der Waals surface area contributed by atoms with Crippen LogP contribution in [0.2, 0.25) is 0 Å². The molecule has 0 saturated heterocycles. The average molecular weight is 274 g/mol. The van der Waals surface area contributed by atoms with Gasteiger partial charge < -0.3 is 11.1 Å². The maximum Gasteiger partial charge on any atom is 0.241 e. The van der Waals surface area contributed by atoms with E-state index in [-0.39, 0.29) is 11.3 Å². The normalized spacial score (nSPS) is 13.0.